The first-order valence-corrected chi connectivity index (χ1v) is 8.06. The molecular formula is C16H12Cl3N3O. The summed E-state index contributed by atoms with van der Waals surface area (Å²) in [6.45, 7) is 1.93. The second-order valence-corrected chi connectivity index (χ2v) is 6.14. The standard InChI is InChI=1S/C16H12Cl3N3O/c1-2-12-15(22-7-6-9(17)8-13(22)20-12)16(23)21-14-10(18)4-3-5-11(14)19/h3-8H,2H2,1H3,(H,21,23). The lowest BCUT2D eigenvalue weighted by molar-refractivity contribution is 0.102. The summed E-state index contributed by atoms with van der Waals surface area (Å²) in [6.07, 6.45) is 2.32. The summed E-state index contributed by atoms with van der Waals surface area (Å²) in [5.74, 6) is -0.327. The van der Waals surface area contributed by atoms with Crippen molar-refractivity contribution in [2.45, 2.75) is 13.3 Å². The van der Waals surface area contributed by atoms with Gasteiger partial charge < -0.3 is 5.32 Å². The van der Waals surface area contributed by atoms with Gasteiger partial charge in [-0.15, -0.1) is 0 Å². The van der Waals surface area contributed by atoms with Crippen LogP contribution in [0.2, 0.25) is 15.1 Å². The first-order valence-electron chi connectivity index (χ1n) is 6.93. The number of rotatable bonds is 3. The van der Waals surface area contributed by atoms with Crippen molar-refractivity contribution in [1.29, 1.82) is 0 Å². The van der Waals surface area contributed by atoms with E-state index < -0.39 is 0 Å². The normalized spacial score (nSPS) is 11.0. The highest BCUT2D eigenvalue weighted by atomic mass is 35.5. The molecule has 7 heteroatoms. The Kier molecular flexibility index (Phi) is 4.48. The molecule has 0 aliphatic heterocycles. The third-order valence-corrected chi connectivity index (χ3v) is 4.28. The Balaban J connectivity index is 2.07. The Morgan fingerprint density at radius 1 is 1.22 bits per heavy atom. The number of pyridine rings is 1. The van der Waals surface area contributed by atoms with Gasteiger partial charge in [-0.05, 0) is 24.6 Å². The van der Waals surface area contributed by atoms with E-state index in [4.69, 9.17) is 34.8 Å². The molecule has 1 amide bonds. The zero-order valence-electron chi connectivity index (χ0n) is 12.1. The summed E-state index contributed by atoms with van der Waals surface area (Å²) in [5.41, 5.74) is 2.11. The molecule has 2 aromatic heterocycles. The van der Waals surface area contributed by atoms with Gasteiger partial charge in [0, 0.05) is 17.3 Å². The summed E-state index contributed by atoms with van der Waals surface area (Å²) in [6, 6.07) is 8.46. The van der Waals surface area contributed by atoms with Gasteiger partial charge >= 0.3 is 0 Å². The number of carbonyl (C=O) groups excluding carboxylic acids is 1. The number of carbonyl (C=O) groups is 1. The highest BCUT2D eigenvalue weighted by Gasteiger charge is 2.20. The van der Waals surface area contributed by atoms with Gasteiger partial charge in [0.15, 0.2) is 0 Å². The van der Waals surface area contributed by atoms with E-state index >= 15 is 0 Å². The van der Waals surface area contributed by atoms with Gasteiger partial charge in [0.05, 0.1) is 21.4 Å². The number of imidazole rings is 1. The summed E-state index contributed by atoms with van der Waals surface area (Å²) in [5, 5.41) is 4.08. The lowest BCUT2D eigenvalue weighted by Crippen LogP contribution is -2.16. The molecule has 0 radical (unpaired) electrons. The first-order chi connectivity index (χ1) is 11.0. The number of aromatic nitrogens is 2. The van der Waals surface area contributed by atoms with Crippen LogP contribution in [-0.4, -0.2) is 15.3 Å². The van der Waals surface area contributed by atoms with E-state index in [9.17, 15) is 4.79 Å². The fraction of sp³-hybridized carbons (Fsp3) is 0.125. The topological polar surface area (TPSA) is 46.4 Å². The van der Waals surface area contributed by atoms with Crippen molar-refractivity contribution in [2.24, 2.45) is 0 Å². The Bertz CT molecular complexity index is 885. The minimum atomic E-state index is -0.327. The SMILES string of the molecule is CCc1nc2cc(Cl)ccn2c1C(=O)Nc1c(Cl)cccc1Cl. The molecule has 0 spiro atoms. The van der Waals surface area contributed by atoms with Gasteiger partial charge in [0.1, 0.15) is 11.3 Å². The molecule has 0 atom stereocenters. The van der Waals surface area contributed by atoms with Crippen molar-refractivity contribution in [2.75, 3.05) is 5.32 Å². The van der Waals surface area contributed by atoms with Crippen LogP contribution in [0.15, 0.2) is 36.5 Å². The molecule has 23 heavy (non-hydrogen) atoms. The van der Waals surface area contributed by atoms with E-state index in [0.29, 0.717) is 44.2 Å². The number of nitrogens with one attached hydrogen (secondary N) is 1. The summed E-state index contributed by atoms with van der Waals surface area (Å²) in [7, 11) is 0. The summed E-state index contributed by atoms with van der Waals surface area (Å²) in [4.78, 5) is 17.2. The van der Waals surface area contributed by atoms with Crippen molar-refractivity contribution in [3.8, 4) is 0 Å². The minimum Gasteiger partial charge on any atom is -0.318 e. The fourth-order valence-electron chi connectivity index (χ4n) is 2.35. The summed E-state index contributed by atoms with van der Waals surface area (Å²) >= 11 is 18.2. The lowest BCUT2D eigenvalue weighted by Gasteiger charge is -2.10. The Hall–Kier alpha value is -1.75. The third kappa shape index (κ3) is 3.02. The van der Waals surface area contributed by atoms with E-state index in [-0.39, 0.29) is 5.91 Å². The van der Waals surface area contributed by atoms with E-state index in [1.807, 2.05) is 6.92 Å². The minimum absolute atomic E-state index is 0.327. The van der Waals surface area contributed by atoms with E-state index in [1.165, 1.54) is 0 Å². The molecule has 2 heterocycles. The average molecular weight is 369 g/mol. The maximum absolute atomic E-state index is 12.7. The van der Waals surface area contributed by atoms with Gasteiger partial charge in [-0.2, -0.15) is 0 Å². The largest absolute Gasteiger partial charge is 0.318 e. The van der Waals surface area contributed by atoms with Gasteiger partial charge in [-0.3, -0.25) is 9.20 Å². The predicted molar refractivity (Wildman–Crippen MR) is 94.0 cm³/mol. The number of halogens is 3. The first kappa shape index (κ1) is 16.1. The highest BCUT2D eigenvalue weighted by molar-refractivity contribution is 6.40. The van der Waals surface area contributed by atoms with Crippen molar-refractivity contribution in [3.63, 3.8) is 0 Å². The second kappa shape index (κ2) is 6.40. The van der Waals surface area contributed by atoms with Crippen LogP contribution >= 0.6 is 34.8 Å². The van der Waals surface area contributed by atoms with Crippen LogP contribution < -0.4 is 5.32 Å². The zero-order chi connectivity index (χ0) is 16.6. The molecule has 0 aliphatic carbocycles. The number of amides is 1. The molecule has 1 aromatic carbocycles. The molecule has 118 valence electrons. The maximum Gasteiger partial charge on any atom is 0.274 e. The summed E-state index contributed by atoms with van der Waals surface area (Å²) < 4.78 is 1.70. The number of fused-ring (bicyclic) bond motifs is 1. The molecule has 4 nitrogen and oxygen atoms in total. The Morgan fingerprint density at radius 2 is 1.91 bits per heavy atom. The molecule has 0 saturated carbocycles. The Morgan fingerprint density at radius 3 is 2.57 bits per heavy atom. The van der Waals surface area contributed by atoms with E-state index in [2.05, 4.69) is 10.3 Å². The monoisotopic (exact) mass is 367 g/mol. The van der Waals surface area contributed by atoms with Crippen LogP contribution in [0, 0.1) is 0 Å². The van der Waals surface area contributed by atoms with Gasteiger partial charge in [0.2, 0.25) is 0 Å². The Labute approximate surface area is 148 Å². The van der Waals surface area contributed by atoms with Gasteiger partial charge in [-0.25, -0.2) is 4.98 Å². The zero-order valence-corrected chi connectivity index (χ0v) is 14.4. The number of aryl methyl sites for hydroxylation is 1. The quantitative estimate of drug-likeness (QED) is 0.698. The molecule has 1 N–H and O–H groups in total. The van der Waals surface area contributed by atoms with Crippen LogP contribution in [0.5, 0.6) is 0 Å². The van der Waals surface area contributed by atoms with E-state index in [1.54, 1.807) is 40.9 Å². The predicted octanol–water partition coefficient (Wildman–Crippen LogP) is 5.11. The van der Waals surface area contributed by atoms with Crippen molar-refractivity contribution in [3.05, 3.63) is 63.0 Å². The number of para-hydroxylation sites is 1. The number of hydrogen-bond donors (Lipinski definition) is 1. The second-order valence-electron chi connectivity index (χ2n) is 4.88. The maximum atomic E-state index is 12.7. The van der Waals surface area contributed by atoms with E-state index in [0.717, 1.165) is 0 Å². The number of benzene rings is 1. The van der Waals surface area contributed by atoms with Crippen LogP contribution in [-0.2, 0) is 6.42 Å². The molecule has 0 saturated heterocycles. The van der Waals surface area contributed by atoms with Crippen molar-refractivity contribution >= 4 is 52.0 Å². The number of nitrogens with zero attached hydrogens (tertiary/aromatic N) is 2. The van der Waals surface area contributed by atoms with Crippen LogP contribution in [0.25, 0.3) is 5.65 Å². The van der Waals surface area contributed by atoms with Crippen molar-refractivity contribution < 1.29 is 4.79 Å². The molecule has 3 aromatic rings. The fourth-order valence-corrected chi connectivity index (χ4v) is 2.99. The average Bonchev–Trinajstić information content (AvgIpc) is 2.88. The third-order valence-electron chi connectivity index (χ3n) is 3.41. The molecule has 0 fully saturated rings. The van der Waals surface area contributed by atoms with Gasteiger partial charge in [0.25, 0.3) is 5.91 Å². The van der Waals surface area contributed by atoms with Crippen molar-refractivity contribution in [1.82, 2.24) is 9.38 Å². The molecule has 0 unspecified atom stereocenters. The van der Waals surface area contributed by atoms with Crippen LogP contribution in [0.1, 0.15) is 23.1 Å². The molecule has 0 aliphatic rings. The van der Waals surface area contributed by atoms with Crippen LogP contribution in [0.3, 0.4) is 0 Å². The number of anilines is 1. The van der Waals surface area contributed by atoms with Gasteiger partial charge in [-0.1, -0.05) is 47.8 Å². The van der Waals surface area contributed by atoms with Crippen LogP contribution in [0.4, 0.5) is 5.69 Å². The molecule has 0 bridgehead atoms. The lowest BCUT2D eigenvalue weighted by atomic mass is 10.2. The highest BCUT2D eigenvalue weighted by Crippen LogP contribution is 2.30. The number of hydrogen-bond acceptors (Lipinski definition) is 2. The molecule has 3 rings (SSSR count). The molecular weight excluding hydrogens is 357 g/mol. The smallest absolute Gasteiger partial charge is 0.274 e.